The standard InChI is InChI=1S/C11H16ClNO2/c1-13(7-11(15)8-14)6-9-3-2-4-10(12)5-9/h2-5,11,14-15H,6-8H2,1H3. The van der Waals surface area contributed by atoms with Crippen LogP contribution in [-0.2, 0) is 6.54 Å². The summed E-state index contributed by atoms with van der Waals surface area (Å²) in [7, 11) is 1.89. The Morgan fingerprint density at radius 1 is 1.47 bits per heavy atom. The molecule has 4 heteroatoms. The molecule has 84 valence electrons. The Bertz CT molecular complexity index is 306. The second kappa shape index (κ2) is 6.08. The van der Waals surface area contributed by atoms with Gasteiger partial charge in [0.15, 0.2) is 0 Å². The Morgan fingerprint density at radius 3 is 2.80 bits per heavy atom. The van der Waals surface area contributed by atoms with Crippen LogP contribution in [0.1, 0.15) is 5.56 Å². The van der Waals surface area contributed by atoms with Gasteiger partial charge in [-0.1, -0.05) is 23.7 Å². The molecular weight excluding hydrogens is 214 g/mol. The molecule has 0 amide bonds. The maximum absolute atomic E-state index is 9.24. The van der Waals surface area contributed by atoms with Crippen molar-refractivity contribution < 1.29 is 10.2 Å². The normalized spacial score (nSPS) is 13.1. The maximum atomic E-state index is 9.24. The summed E-state index contributed by atoms with van der Waals surface area (Å²) in [6, 6.07) is 7.60. The Morgan fingerprint density at radius 2 is 2.20 bits per heavy atom. The Balaban J connectivity index is 2.47. The fraction of sp³-hybridized carbons (Fsp3) is 0.455. The largest absolute Gasteiger partial charge is 0.394 e. The van der Waals surface area contributed by atoms with Crippen molar-refractivity contribution in [2.75, 3.05) is 20.2 Å². The molecule has 0 heterocycles. The molecule has 0 aliphatic carbocycles. The first-order chi connectivity index (χ1) is 7.11. The van der Waals surface area contributed by atoms with E-state index in [4.69, 9.17) is 16.7 Å². The third-order valence-electron chi connectivity index (χ3n) is 2.07. The van der Waals surface area contributed by atoms with Crippen LogP contribution in [0.4, 0.5) is 0 Å². The number of hydrogen-bond donors (Lipinski definition) is 2. The number of nitrogens with zero attached hydrogens (tertiary/aromatic N) is 1. The molecule has 0 aliphatic heterocycles. The van der Waals surface area contributed by atoms with Crippen LogP contribution < -0.4 is 0 Å². The maximum Gasteiger partial charge on any atom is 0.0897 e. The molecule has 3 nitrogen and oxygen atoms in total. The molecule has 1 rings (SSSR count). The van der Waals surface area contributed by atoms with Crippen LogP contribution in [-0.4, -0.2) is 41.4 Å². The van der Waals surface area contributed by atoms with Gasteiger partial charge in [0.1, 0.15) is 0 Å². The monoisotopic (exact) mass is 229 g/mol. The molecule has 1 atom stereocenters. The van der Waals surface area contributed by atoms with Crippen molar-refractivity contribution in [2.45, 2.75) is 12.6 Å². The van der Waals surface area contributed by atoms with Crippen LogP contribution in [0.2, 0.25) is 5.02 Å². The van der Waals surface area contributed by atoms with E-state index in [0.29, 0.717) is 18.1 Å². The van der Waals surface area contributed by atoms with Gasteiger partial charge in [0.2, 0.25) is 0 Å². The zero-order chi connectivity index (χ0) is 11.3. The van der Waals surface area contributed by atoms with Crippen molar-refractivity contribution in [3.63, 3.8) is 0 Å². The SMILES string of the molecule is CN(Cc1cccc(Cl)c1)CC(O)CO. The molecule has 1 aromatic carbocycles. The second-order valence-corrected chi connectivity index (χ2v) is 4.10. The minimum Gasteiger partial charge on any atom is -0.394 e. The number of benzene rings is 1. The summed E-state index contributed by atoms with van der Waals surface area (Å²) < 4.78 is 0. The van der Waals surface area contributed by atoms with E-state index < -0.39 is 6.10 Å². The minimum absolute atomic E-state index is 0.208. The van der Waals surface area contributed by atoms with Crippen molar-refractivity contribution in [2.24, 2.45) is 0 Å². The number of aliphatic hydroxyl groups excluding tert-OH is 2. The second-order valence-electron chi connectivity index (χ2n) is 3.66. The van der Waals surface area contributed by atoms with E-state index in [-0.39, 0.29) is 6.61 Å². The van der Waals surface area contributed by atoms with Gasteiger partial charge in [-0.15, -0.1) is 0 Å². The summed E-state index contributed by atoms with van der Waals surface area (Å²) in [6.07, 6.45) is -0.686. The molecule has 0 saturated carbocycles. The summed E-state index contributed by atoms with van der Waals surface area (Å²) >= 11 is 5.85. The van der Waals surface area contributed by atoms with E-state index in [2.05, 4.69) is 0 Å². The summed E-state index contributed by atoms with van der Waals surface area (Å²) in [5.74, 6) is 0. The van der Waals surface area contributed by atoms with Gasteiger partial charge in [0, 0.05) is 18.1 Å². The third-order valence-corrected chi connectivity index (χ3v) is 2.31. The molecule has 0 aliphatic rings. The predicted octanol–water partition coefficient (Wildman–Crippen LogP) is 1.12. The van der Waals surface area contributed by atoms with Crippen LogP contribution in [0, 0.1) is 0 Å². The Hall–Kier alpha value is -0.610. The average molecular weight is 230 g/mol. The molecule has 0 saturated heterocycles. The molecule has 0 bridgehead atoms. The molecular formula is C11H16ClNO2. The van der Waals surface area contributed by atoms with E-state index in [0.717, 1.165) is 5.56 Å². The van der Waals surface area contributed by atoms with Crippen molar-refractivity contribution in [1.82, 2.24) is 4.90 Å². The molecule has 0 radical (unpaired) electrons. The summed E-state index contributed by atoms with van der Waals surface area (Å²) in [5, 5.41) is 18.7. The van der Waals surface area contributed by atoms with Crippen LogP contribution >= 0.6 is 11.6 Å². The highest BCUT2D eigenvalue weighted by Gasteiger charge is 2.07. The van der Waals surface area contributed by atoms with Gasteiger partial charge >= 0.3 is 0 Å². The first kappa shape index (κ1) is 12.5. The fourth-order valence-corrected chi connectivity index (χ4v) is 1.64. The van der Waals surface area contributed by atoms with Crippen molar-refractivity contribution >= 4 is 11.6 Å². The zero-order valence-electron chi connectivity index (χ0n) is 8.73. The Labute approximate surface area is 94.9 Å². The van der Waals surface area contributed by atoms with E-state index in [1.165, 1.54) is 0 Å². The molecule has 15 heavy (non-hydrogen) atoms. The quantitative estimate of drug-likeness (QED) is 0.796. The Kier molecular flexibility index (Phi) is 5.05. The van der Waals surface area contributed by atoms with Gasteiger partial charge in [-0.25, -0.2) is 0 Å². The minimum atomic E-state index is -0.686. The molecule has 0 spiro atoms. The zero-order valence-corrected chi connectivity index (χ0v) is 9.48. The highest BCUT2D eigenvalue weighted by atomic mass is 35.5. The first-order valence-corrected chi connectivity index (χ1v) is 5.21. The van der Waals surface area contributed by atoms with Crippen LogP contribution in [0.15, 0.2) is 24.3 Å². The smallest absolute Gasteiger partial charge is 0.0897 e. The van der Waals surface area contributed by atoms with Gasteiger partial charge in [0.05, 0.1) is 12.7 Å². The number of rotatable bonds is 5. The molecule has 2 N–H and O–H groups in total. The van der Waals surface area contributed by atoms with Gasteiger partial charge < -0.3 is 10.2 Å². The molecule has 1 aromatic rings. The van der Waals surface area contributed by atoms with Crippen LogP contribution in [0.3, 0.4) is 0 Å². The number of likely N-dealkylation sites (N-methyl/N-ethyl adjacent to an activating group) is 1. The molecule has 1 unspecified atom stereocenters. The van der Waals surface area contributed by atoms with Crippen LogP contribution in [0.5, 0.6) is 0 Å². The fourth-order valence-electron chi connectivity index (χ4n) is 1.43. The van der Waals surface area contributed by atoms with E-state index >= 15 is 0 Å². The lowest BCUT2D eigenvalue weighted by Gasteiger charge is -2.19. The van der Waals surface area contributed by atoms with E-state index in [9.17, 15) is 5.11 Å². The molecule has 0 fully saturated rings. The highest BCUT2D eigenvalue weighted by molar-refractivity contribution is 6.30. The van der Waals surface area contributed by atoms with Crippen LogP contribution in [0.25, 0.3) is 0 Å². The lowest BCUT2D eigenvalue weighted by Crippen LogP contribution is -2.30. The number of hydrogen-bond acceptors (Lipinski definition) is 3. The predicted molar refractivity (Wildman–Crippen MR) is 60.9 cm³/mol. The van der Waals surface area contributed by atoms with Gasteiger partial charge in [-0.3, -0.25) is 4.90 Å². The number of halogens is 1. The number of aliphatic hydroxyl groups is 2. The van der Waals surface area contributed by atoms with E-state index in [1.807, 2.05) is 36.2 Å². The third kappa shape index (κ3) is 4.62. The van der Waals surface area contributed by atoms with Gasteiger partial charge in [-0.05, 0) is 24.7 Å². The van der Waals surface area contributed by atoms with Gasteiger partial charge in [0.25, 0.3) is 0 Å². The summed E-state index contributed by atoms with van der Waals surface area (Å²) in [5.41, 5.74) is 1.09. The van der Waals surface area contributed by atoms with Gasteiger partial charge in [-0.2, -0.15) is 0 Å². The van der Waals surface area contributed by atoms with Crippen molar-refractivity contribution in [3.8, 4) is 0 Å². The molecule has 0 aromatic heterocycles. The van der Waals surface area contributed by atoms with Crippen molar-refractivity contribution in [1.29, 1.82) is 0 Å². The highest BCUT2D eigenvalue weighted by Crippen LogP contribution is 2.12. The first-order valence-electron chi connectivity index (χ1n) is 4.83. The lowest BCUT2D eigenvalue weighted by molar-refractivity contribution is 0.0648. The summed E-state index contributed by atoms with van der Waals surface area (Å²) in [6.45, 7) is 0.945. The van der Waals surface area contributed by atoms with Crippen molar-refractivity contribution in [3.05, 3.63) is 34.9 Å². The lowest BCUT2D eigenvalue weighted by atomic mass is 10.2. The topological polar surface area (TPSA) is 43.7 Å². The average Bonchev–Trinajstić information content (AvgIpc) is 2.17. The summed E-state index contributed by atoms with van der Waals surface area (Å²) in [4.78, 5) is 1.94. The van der Waals surface area contributed by atoms with E-state index in [1.54, 1.807) is 0 Å².